The maximum atomic E-state index is 12.6. The van der Waals surface area contributed by atoms with Crippen LogP contribution in [0.1, 0.15) is 27.4 Å². The number of Topliss-reactive ketones (excluding diaryl/α,β-unsaturated/α-hetero) is 1. The molecule has 0 radical (unpaired) electrons. The van der Waals surface area contributed by atoms with Gasteiger partial charge in [0.05, 0.1) is 30.3 Å². The smallest absolute Gasteiger partial charge is 0.387 e. The van der Waals surface area contributed by atoms with Crippen molar-refractivity contribution in [3.05, 3.63) is 47.0 Å². The zero-order valence-electron chi connectivity index (χ0n) is 14.5. The van der Waals surface area contributed by atoms with Crippen molar-refractivity contribution in [1.82, 2.24) is 15.0 Å². The number of carbonyl (C=O) groups is 1. The van der Waals surface area contributed by atoms with Gasteiger partial charge in [0.1, 0.15) is 11.5 Å². The average molecular weight is 361 g/mol. The van der Waals surface area contributed by atoms with E-state index in [1.807, 2.05) is 13.8 Å². The Morgan fingerprint density at radius 2 is 2.08 bits per heavy atom. The molecule has 0 bridgehead atoms. The number of hydrogen-bond donors (Lipinski definition) is 1. The number of ether oxygens (including phenoxy) is 2. The van der Waals surface area contributed by atoms with E-state index in [0.717, 1.165) is 11.1 Å². The van der Waals surface area contributed by atoms with Gasteiger partial charge in [0.2, 0.25) is 5.78 Å². The van der Waals surface area contributed by atoms with Crippen molar-refractivity contribution < 1.29 is 23.0 Å². The number of nitrogens with zero attached hydrogens (tertiary/aromatic N) is 2. The molecule has 8 heteroatoms. The number of H-pyrrole nitrogens is 1. The van der Waals surface area contributed by atoms with E-state index in [2.05, 4.69) is 19.7 Å². The fraction of sp³-hybridized carbons (Fsp3) is 0.278. The van der Waals surface area contributed by atoms with Crippen molar-refractivity contribution in [2.24, 2.45) is 0 Å². The van der Waals surface area contributed by atoms with Crippen molar-refractivity contribution in [1.29, 1.82) is 0 Å². The first-order chi connectivity index (χ1) is 12.4. The molecule has 3 rings (SSSR count). The quantitative estimate of drug-likeness (QED) is 0.679. The molecule has 0 aliphatic rings. The van der Waals surface area contributed by atoms with Crippen molar-refractivity contribution in [2.75, 3.05) is 7.11 Å². The molecule has 0 aliphatic heterocycles. The monoisotopic (exact) mass is 361 g/mol. The number of methoxy groups -OCH3 is 1. The van der Waals surface area contributed by atoms with Crippen LogP contribution in [-0.4, -0.2) is 34.5 Å². The largest absolute Gasteiger partial charge is 0.496 e. The number of aryl methyl sites for hydroxylation is 1. The fourth-order valence-corrected chi connectivity index (χ4v) is 2.78. The summed E-state index contributed by atoms with van der Waals surface area (Å²) < 4.78 is 34.3. The number of aromatic nitrogens is 3. The Kier molecular flexibility index (Phi) is 4.83. The summed E-state index contributed by atoms with van der Waals surface area (Å²) >= 11 is 0. The van der Waals surface area contributed by atoms with Crippen LogP contribution in [0.2, 0.25) is 0 Å². The summed E-state index contributed by atoms with van der Waals surface area (Å²) in [6, 6.07) is 4.27. The van der Waals surface area contributed by atoms with E-state index in [1.165, 1.54) is 18.2 Å². The Bertz CT molecular complexity index is 970. The van der Waals surface area contributed by atoms with Gasteiger partial charge < -0.3 is 14.5 Å². The van der Waals surface area contributed by atoms with E-state index in [1.54, 1.807) is 13.3 Å². The highest BCUT2D eigenvalue weighted by atomic mass is 19.3. The summed E-state index contributed by atoms with van der Waals surface area (Å²) in [7, 11) is 1.57. The van der Waals surface area contributed by atoms with Gasteiger partial charge in [0.25, 0.3) is 0 Å². The zero-order chi connectivity index (χ0) is 18.8. The number of rotatable bonds is 6. The topological polar surface area (TPSA) is 77.1 Å². The molecule has 136 valence electrons. The Morgan fingerprint density at radius 1 is 1.31 bits per heavy atom. The van der Waals surface area contributed by atoms with Gasteiger partial charge in [-0.3, -0.25) is 9.78 Å². The van der Waals surface area contributed by atoms with Gasteiger partial charge >= 0.3 is 6.61 Å². The van der Waals surface area contributed by atoms with Gasteiger partial charge in [0.15, 0.2) is 5.82 Å². The number of ketones is 1. The number of halogens is 2. The summed E-state index contributed by atoms with van der Waals surface area (Å²) in [5.41, 5.74) is 3.21. The first-order valence-electron chi connectivity index (χ1n) is 7.86. The molecule has 6 nitrogen and oxygen atoms in total. The van der Waals surface area contributed by atoms with Crippen LogP contribution < -0.4 is 9.47 Å². The third-order valence-corrected chi connectivity index (χ3v) is 4.02. The minimum absolute atomic E-state index is 0.00377. The Morgan fingerprint density at radius 3 is 2.77 bits per heavy atom. The predicted molar refractivity (Wildman–Crippen MR) is 91.0 cm³/mol. The van der Waals surface area contributed by atoms with Crippen LogP contribution in [0.4, 0.5) is 8.78 Å². The third kappa shape index (κ3) is 3.49. The normalized spacial score (nSPS) is 11.2. The van der Waals surface area contributed by atoms with Crippen LogP contribution in [0, 0.1) is 13.8 Å². The van der Waals surface area contributed by atoms with Gasteiger partial charge in [-0.1, -0.05) is 0 Å². The van der Waals surface area contributed by atoms with Crippen LogP contribution in [0.25, 0.3) is 11.0 Å². The number of pyridine rings is 1. The number of hydrogen-bond acceptors (Lipinski definition) is 5. The molecule has 2 aromatic heterocycles. The molecule has 2 heterocycles. The lowest BCUT2D eigenvalue weighted by molar-refractivity contribution is -0.0497. The van der Waals surface area contributed by atoms with Crippen LogP contribution >= 0.6 is 0 Å². The lowest BCUT2D eigenvalue weighted by Crippen LogP contribution is -2.09. The molecular formula is C18H17F2N3O3. The van der Waals surface area contributed by atoms with E-state index in [0.29, 0.717) is 22.5 Å². The number of aromatic amines is 1. The van der Waals surface area contributed by atoms with Gasteiger partial charge in [-0.2, -0.15) is 8.78 Å². The number of carbonyl (C=O) groups excluding carboxylic acids is 1. The van der Waals surface area contributed by atoms with E-state index in [4.69, 9.17) is 4.74 Å². The maximum Gasteiger partial charge on any atom is 0.387 e. The van der Waals surface area contributed by atoms with Crippen molar-refractivity contribution in [2.45, 2.75) is 26.9 Å². The Labute approximate surface area is 148 Å². The fourth-order valence-electron chi connectivity index (χ4n) is 2.78. The maximum absolute atomic E-state index is 12.6. The number of alkyl halides is 2. The molecule has 0 atom stereocenters. The second-order valence-corrected chi connectivity index (χ2v) is 5.79. The Hall–Kier alpha value is -3.03. The number of imidazole rings is 1. The highest BCUT2D eigenvalue weighted by Gasteiger charge is 2.17. The van der Waals surface area contributed by atoms with Gasteiger partial charge in [-0.15, -0.1) is 0 Å². The molecule has 3 aromatic rings. The molecule has 1 N–H and O–H groups in total. The molecule has 1 aromatic carbocycles. The molecule has 0 fully saturated rings. The highest BCUT2D eigenvalue weighted by Crippen LogP contribution is 2.25. The lowest BCUT2D eigenvalue weighted by Gasteiger charge is -2.11. The second-order valence-electron chi connectivity index (χ2n) is 5.79. The number of nitrogens with one attached hydrogen (secondary N) is 1. The molecule has 0 unspecified atom stereocenters. The lowest BCUT2D eigenvalue weighted by atomic mass is 10.1. The minimum Gasteiger partial charge on any atom is -0.496 e. The predicted octanol–water partition coefficient (Wildman–Crippen LogP) is 3.61. The average Bonchev–Trinajstić information content (AvgIpc) is 3.01. The summed E-state index contributed by atoms with van der Waals surface area (Å²) in [5, 5.41) is 0. The summed E-state index contributed by atoms with van der Waals surface area (Å²) in [6.45, 7) is 0.804. The van der Waals surface area contributed by atoms with Crippen LogP contribution in [0.3, 0.4) is 0 Å². The van der Waals surface area contributed by atoms with Crippen molar-refractivity contribution >= 4 is 16.8 Å². The van der Waals surface area contributed by atoms with E-state index >= 15 is 0 Å². The summed E-state index contributed by atoms with van der Waals surface area (Å²) in [5.74, 6) is 0.561. The number of fused-ring (bicyclic) bond motifs is 1. The van der Waals surface area contributed by atoms with Gasteiger partial charge in [-0.25, -0.2) is 4.98 Å². The minimum atomic E-state index is -2.91. The van der Waals surface area contributed by atoms with Crippen LogP contribution in [0.15, 0.2) is 24.4 Å². The summed E-state index contributed by atoms with van der Waals surface area (Å²) in [6.07, 6.45) is 1.70. The van der Waals surface area contributed by atoms with E-state index in [-0.39, 0.29) is 23.8 Å². The number of benzene rings is 1. The first kappa shape index (κ1) is 17.8. The molecule has 0 spiro atoms. The van der Waals surface area contributed by atoms with Crippen LogP contribution in [0.5, 0.6) is 11.5 Å². The zero-order valence-corrected chi connectivity index (χ0v) is 14.5. The molecule has 0 aliphatic carbocycles. The second kappa shape index (κ2) is 7.07. The van der Waals surface area contributed by atoms with Gasteiger partial charge in [-0.05, 0) is 26.0 Å². The van der Waals surface area contributed by atoms with E-state index < -0.39 is 6.61 Å². The van der Waals surface area contributed by atoms with E-state index in [9.17, 15) is 13.6 Å². The summed E-state index contributed by atoms with van der Waals surface area (Å²) in [4.78, 5) is 23.9. The standard InChI is InChI=1S/C18H17F2N3O3/c1-9-8-21-13(10(2)16(9)25-3)7-15(24)17-22-12-5-4-11(26-18(19)20)6-14(12)23-17/h4-6,8,18H,7H2,1-3H3,(H,22,23). The first-order valence-corrected chi connectivity index (χ1v) is 7.86. The molecule has 26 heavy (non-hydrogen) atoms. The molecule has 0 amide bonds. The van der Waals surface area contributed by atoms with Crippen molar-refractivity contribution in [3.8, 4) is 11.5 Å². The highest BCUT2D eigenvalue weighted by molar-refractivity contribution is 5.97. The Balaban J connectivity index is 1.86. The molecule has 0 saturated carbocycles. The SMILES string of the molecule is COc1c(C)cnc(CC(=O)c2nc3ccc(OC(F)F)cc3[nH]2)c1C. The van der Waals surface area contributed by atoms with Crippen molar-refractivity contribution in [3.63, 3.8) is 0 Å². The third-order valence-electron chi connectivity index (χ3n) is 4.02. The molecular weight excluding hydrogens is 344 g/mol. The molecule has 0 saturated heterocycles. The van der Waals surface area contributed by atoms with Crippen LogP contribution in [-0.2, 0) is 6.42 Å². The van der Waals surface area contributed by atoms with Gasteiger partial charge in [0, 0.05) is 23.4 Å².